The summed E-state index contributed by atoms with van der Waals surface area (Å²) in [6.45, 7) is 0.209. The summed E-state index contributed by atoms with van der Waals surface area (Å²) in [6.07, 6.45) is 1.90. The van der Waals surface area contributed by atoms with Crippen molar-refractivity contribution in [2.24, 2.45) is 5.92 Å². The van der Waals surface area contributed by atoms with Crippen LogP contribution in [-0.4, -0.2) is 57.4 Å². The highest BCUT2D eigenvalue weighted by molar-refractivity contribution is 6.35. The highest BCUT2D eigenvalue weighted by Crippen LogP contribution is 2.40. The Morgan fingerprint density at radius 3 is 2.71 bits per heavy atom. The van der Waals surface area contributed by atoms with Crippen molar-refractivity contribution >= 4 is 29.3 Å². The van der Waals surface area contributed by atoms with Crippen molar-refractivity contribution in [3.63, 3.8) is 0 Å². The number of hydrogen-bond donors (Lipinski definition) is 3. The monoisotopic (exact) mass is 505 g/mol. The fraction of sp³-hybridized carbons (Fsp3) is 0.435. The standard InChI is InChI=1S/C23H25ClFN5O5/c1-29(2)23(35)21(33)27-16-7-11-3-6-14(16)19-28-17(18(31)22(34)30(19)10-11)20(32)26-9-12-4-5-13(25)8-15(12)24/h4-5,8,11,14,16,31H,3,6-7,9-10H2,1-2H3,(H,26,32)(H,27,33). The quantitative estimate of drug-likeness (QED) is 0.534. The summed E-state index contributed by atoms with van der Waals surface area (Å²) in [7, 11) is 2.95. The van der Waals surface area contributed by atoms with Crippen LogP contribution in [-0.2, 0) is 22.7 Å². The lowest BCUT2D eigenvalue weighted by Gasteiger charge is -2.32. The first-order valence-electron chi connectivity index (χ1n) is 11.1. The maximum absolute atomic E-state index is 13.3. The number of halogens is 2. The van der Waals surface area contributed by atoms with Crippen molar-refractivity contribution in [2.45, 2.75) is 44.3 Å². The van der Waals surface area contributed by atoms with Crippen molar-refractivity contribution in [1.82, 2.24) is 25.1 Å². The largest absolute Gasteiger partial charge is 0.501 e. The van der Waals surface area contributed by atoms with Crippen LogP contribution in [0.1, 0.15) is 47.1 Å². The van der Waals surface area contributed by atoms with Gasteiger partial charge in [-0.25, -0.2) is 9.37 Å². The first-order chi connectivity index (χ1) is 16.6. The number of carbonyl (C=O) groups is 3. The summed E-state index contributed by atoms with van der Waals surface area (Å²) in [5.41, 5.74) is -0.744. The fourth-order valence-corrected chi connectivity index (χ4v) is 4.92. The molecule has 1 saturated carbocycles. The number of carbonyl (C=O) groups excluding carboxylic acids is 3. The molecule has 3 atom stereocenters. The van der Waals surface area contributed by atoms with Crippen LogP contribution >= 0.6 is 11.6 Å². The molecule has 2 bridgehead atoms. The number of hydrogen-bond acceptors (Lipinski definition) is 6. The van der Waals surface area contributed by atoms with Gasteiger partial charge in [-0.3, -0.25) is 23.7 Å². The van der Waals surface area contributed by atoms with Crippen molar-refractivity contribution < 1.29 is 23.9 Å². The molecule has 3 aliphatic rings. The molecular weight excluding hydrogens is 481 g/mol. The smallest absolute Gasteiger partial charge is 0.311 e. The number of benzene rings is 1. The molecule has 2 aliphatic heterocycles. The highest BCUT2D eigenvalue weighted by atomic mass is 35.5. The first-order valence-corrected chi connectivity index (χ1v) is 11.5. The van der Waals surface area contributed by atoms with Gasteiger partial charge in [0.05, 0.1) is 0 Å². The predicted octanol–water partition coefficient (Wildman–Crippen LogP) is 1.14. The molecule has 3 heterocycles. The number of aromatic hydroxyl groups is 1. The fourth-order valence-electron chi connectivity index (χ4n) is 4.69. The third kappa shape index (κ3) is 4.86. The summed E-state index contributed by atoms with van der Waals surface area (Å²) < 4.78 is 14.6. The molecule has 1 fully saturated rings. The van der Waals surface area contributed by atoms with E-state index < -0.39 is 52.5 Å². The predicted molar refractivity (Wildman–Crippen MR) is 123 cm³/mol. The van der Waals surface area contributed by atoms with Gasteiger partial charge >= 0.3 is 11.8 Å². The molecule has 5 rings (SSSR count). The second kappa shape index (κ2) is 9.65. The zero-order valence-electron chi connectivity index (χ0n) is 19.2. The lowest BCUT2D eigenvalue weighted by Crippen LogP contribution is -2.48. The first kappa shape index (κ1) is 24.6. The Balaban J connectivity index is 1.62. The van der Waals surface area contributed by atoms with Crippen LogP contribution in [0, 0.1) is 11.7 Å². The van der Waals surface area contributed by atoms with Gasteiger partial charge in [0, 0.05) is 44.2 Å². The van der Waals surface area contributed by atoms with E-state index in [4.69, 9.17) is 11.6 Å². The molecule has 0 radical (unpaired) electrons. The summed E-state index contributed by atoms with van der Waals surface area (Å²) in [4.78, 5) is 55.8. The minimum Gasteiger partial charge on any atom is -0.501 e. The van der Waals surface area contributed by atoms with Crippen LogP contribution in [0.2, 0.25) is 5.02 Å². The number of aromatic nitrogens is 2. The minimum absolute atomic E-state index is 0.0338. The van der Waals surface area contributed by atoms with E-state index in [1.807, 2.05) is 0 Å². The van der Waals surface area contributed by atoms with E-state index in [2.05, 4.69) is 15.6 Å². The zero-order valence-corrected chi connectivity index (χ0v) is 19.9. The van der Waals surface area contributed by atoms with Gasteiger partial charge in [-0.2, -0.15) is 0 Å². The summed E-state index contributed by atoms with van der Waals surface area (Å²) in [5, 5.41) is 15.9. The van der Waals surface area contributed by atoms with Crippen molar-refractivity contribution in [3.05, 3.63) is 56.5 Å². The third-order valence-electron chi connectivity index (χ3n) is 6.49. The second-order valence-electron chi connectivity index (χ2n) is 9.07. The van der Waals surface area contributed by atoms with Crippen LogP contribution in [0.5, 0.6) is 5.75 Å². The maximum Gasteiger partial charge on any atom is 0.311 e. The normalized spacial score (nSPS) is 20.5. The molecule has 1 aliphatic carbocycles. The van der Waals surface area contributed by atoms with E-state index in [1.54, 1.807) is 0 Å². The molecule has 3 N–H and O–H groups in total. The lowest BCUT2D eigenvalue weighted by atomic mass is 9.79. The van der Waals surface area contributed by atoms with Crippen LogP contribution in [0.4, 0.5) is 4.39 Å². The maximum atomic E-state index is 13.3. The highest BCUT2D eigenvalue weighted by Gasteiger charge is 2.41. The number of fused-ring (bicyclic) bond motifs is 2. The summed E-state index contributed by atoms with van der Waals surface area (Å²) in [5.74, 6) is -3.65. The molecule has 1 aromatic heterocycles. The average molecular weight is 506 g/mol. The van der Waals surface area contributed by atoms with E-state index >= 15 is 0 Å². The van der Waals surface area contributed by atoms with E-state index in [-0.39, 0.29) is 29.9 Å². The third-order valence-corrected chi connectivity index (χ3v) is 6.84. The van der Waals surface area contributed by atoms with Crippen molar-refractivity contribution in [1.29, 1.82) is 0 Å². The van der Waals surface area contributed by atoms with Crippen molar-refractivity contribution in [3.8, 4) is 5.75 Å². The minimum atomic E-state index is -0.800. The molecule has 3 amide bonds. The summed E-state index contributed by atoms with van der Waals surface area (Å²) in [6, 6.07) is 3.27. The molecule has 0 saturated heterocycles. The van der Waals surface area contributed by atoms with Crippen LogP contribution in [0.15, 0.2) is 23.0 Å². The molecule has 35 heavy (non-hydrogen) atoms. The molecule has 0 spiro atoms. The lowest BCUT2D eigenvalue weighted by molar-refractivity contribution is -0.144. The number of nitrogens with zero attached hydrogens (tertiary/aromatic N) is 3. The van der Waals surface area contributed by atoms with E-state index in [1.165, 1.54) is 35.7 Å². The summed E-state index contributed by atoms with van der Waals surface area (Å²) >= 11 is 6.00. The van der Waals surface area contributed by atoms with E-state index in [0.29, 0.717) is 18.4 Å². The van der Waals surface area contributed by atoms with Gasteiger partial charge in [-0.15, -0.1) is 0 Å². The molecular formula is C23H25ClFN5O5. The van der Waals surface area contributed by atoms with Gasteiger partial charge < -0.3 is 20.6 Å². The van der Waals surface area contributed by atoms with Gasteiger partial charge in [-0.1, -0.05) is 17.7 Å². The Morgan fingerprint density at radius 2 is 2.03 bits per heavy atom. The molecule has 186 valence electrons. The van der Waals surface area contributed by atoms with Gasteiger partial charge in [0.15, 0.2) is 5.69 Å². The van der Waals surface area contributed by atoms with Gasteiger partial charge in [-0.05, 0) is 42.9 Å². The van der Waals surface area contributed by atoms with Crippen LogP contribution < -0.4 is 16.2 Å². The second-order valence-corrected chi connectivity index (χ2v) is 9.47. The zero-order chi connectivity index (χ0) is 25.4. The Hall–Kier alpha value is -3.47. The Labute approximate surface area is 205 Å². The number of amides is 3. The van der Waals surface area contributed by atoms with E-state index in [9.17, 15) is 28.7 Å². The number of rotatable bonds is 4. The number of likely N-dealkylation sites (N-methyl/N-ethyl adjacent to an activating group) is 1. The molecule has 12 heteroatoms. The Bertz CT molecular complexity index is 1260. The topological polar surface area (TPSA) is 134 Å². The van der Waals surface area contributed by atoms with Gasteiger partial charge in [0.2, 0.25) is 5.75 Å². The Kier molecular flexibility index (Phi) is 6.79. The van der Waals surface area contributed by atoms with Crippen LogP contribution in [0.3, 0.4) is 0 Å². The average Bonchev–Trinajstić information content (AvgIpc) is 3.07. The van der Waals surface area contributed by atoms with Gasteiger partial charge in [0.25, 0.3) is 11.5 Å². The Morgan fingerprint density at radius 1 is 1.29 bits per heavy atom. The van der Waals surface area contributed by atoms with E-state index in [0.717, 1.165) is 12.5 Å². The molecule has 2 aromatic rings. The van der Waals surface area contributed by atoms with Crippen molar-refractivity contribution in [2.75, 3.05) is 14.1 Å². The van der Waals surface area contributed by atoms with Gasteiger partial charge in [0.1, 0.15) is 11.6 Å². The van der Waals surface area contributed by atoms with Crippen LogP contribution in [0.25, 0.3) is 0 Å². The molecule has 10 nitrogen and oxygen atoms in total. The number of nitrogens with one attached hydrogen (secondary N) is 2. The molecule has 1 aromatic carbocycles. The SMILES string of the molecule is CN(C)C(=O)C(=O)NC1CC2CCC1c1nc(C(=O)NCc3ccc(F)cc3Cl)c(O)c(=O)n1C2. The molecule has 3 unspecified atom stereocenters.